The van der Waals surface area contributed by atoms with Gasteiger partial charge in [0.05, 0.1) is 6.42 Å². The highest BCUT2D eigenvalue weighted by Crippen LogP contribution is 2.06. The zero-order valence-corrected chi connectivity index (χ0v) is 20.2. The van der Waals surface area contributed by atoms with Crippen LogP contribution in [0.15, 0.2) is 60.7 Å². The Balaban J connectivity index is 1.92. The summed E-state index contributed by atoms with van der Waals surface area (Å²) in [7, 11) is 0. The SMILES string of the molecule is CCOC(CCNC(=O)C(CC(=O)OCc1ccccc1)NC(=O)OCc1ccccc1)OCC. The van der Waals surface area contributed by atoms with E-state index in [1.54, 1.807) is 0 Å². The van der Waals surface area contributed by atoms with E-state index < -0.39 is 30.3 Å². The molecule has 0 bridgehead atoms. The smallest absolute Gasteiger partial charge is 0.408 e. The van der Waals surface area contributed by atoms with Gasteiger partial charge in [-0.05, 0) is 25.0 Å². The fourth-order valence-electron chi connectivity index (χ4n) is 3.10. The van der Waals surface area contributed by atoms with Crippen molar-refractivity contribution in [3.8, 4) is 0 Å². The molecule has 0 saturated carbocycles. The third kappa shape index (κ3) is 11.5. The van der Waals surface area contributed by atoms with Crippen LogP contribution in [0.5, 0.6) is 0 Å². The molecule has 2 rings (SSSR count). The van der Waals surface area contributed by atoms with E-state index in [1.165, 1.54) is 0 Å². The maximum atomic E-state index is 12.8. The monoisotopic (exact) mass is 486 g/mol. The van der Waals surface area contributed by atoms with Crippen LogP contribution in [0.1, 0.15) is 37.8 Å². The van der Waals surface area contributed by atoms with E-state index in [9.17, 15) is 14.4 Å². The van der Waals surface area contributed by atoms with Crippen LogP contribution in [0.25, 0.3) is 0 Å². The van der Waals surface area contributed by atoms with Gasteiger partial charge >= 0.3 is 12.1 Å². The van der Waals surface area contributed by atoms with Gasteiger partial charge in [0.25, 0.3) is 0 Å². The molecule has 9 heteroatoms. The van der Waals surface area contributed by atoms with Gasteiger partial charge in [-0.15, -0.1) is 0 Å². The molecule has 0 heterocycles. The highest BCUT2D eigenvalue weighted by molar-refractivity contribution is 5.89. The third-order valence-electron chi connectivity index (χ3n) is 4.82. The predicted molar refractivity (Wildman–Crippen MR) is 129 cm³/mol. The number of esters is 1. The number of hydrogen-bond acceptors (Lipinski definition) is 7. The van der Waals surface area contributed by atoms with Gasteiger partial charge in [-0.1, -0.05) is 60.7 Å². The van der Waals surface area contributed by atoms with Gasteiger partial charge < -0.3 is 29.6 Å². The summed E-state index contributed by atoms with van der Waals surface area (Å²) in [6.07, 6.45) is -1.20. The van der Waals surface area contributed by atoms with Gasteiger partial charge in [-0.2, -0.15) is 0 Å². The molecule has 0 radical (unpaired) electrons. The molecular formula is C26H34N2O7. The third-order valence-corrected chi connectivity index (χ3v) is 4.82. The molecule has 190 valence electrons. The molecule has 0 aromatic heterocycles. The summed E-state index contributed by atoms with van der Waals surface area (Å²) in [5.41, 5.74) is 1.61. The van der Waals surface area contributed by atoms with Crippen LogP contribution in [0.4, 0.5) is 4.79 Å². The molecule has 0 aliphatic carbocycles. The Hall–Kier alpha value is -3.43. The summed E-state index contributed by atoms with van der Waals surface area (Å²) in [5, 5.41) is 5.18. The molecule has 2 N–H and O–H groups in total. The average molecular weight is 487 g/mol. The second kappa shape index (κ2) is 16.2. The van der Waals surface area contributed by atoms with Crippen molar-refractivity contribution in [2.75, 3.05) is 19.8 Å². The molecule has 9 nitrogen and oxygen atoms in total. The molecule has 0 spiro atoms. The Bertz CT molecular complexity index is 830. The summed E-state index contributed by atoms with van der Waals surface area (Å²) >= 11 is 0. The number of benzene rings is 2. The summed E-state index contributed by atoms with van der Waals surface area (Å²) in [5.74, 6) is -1.16. The summed E-state index contributed by atoms with van der Waals surface area (Å²) in [4.78, 5) is 37.5. The number of rotatable bonds is 15. The van der Waals surface area contributed by atoms with E-state index in [4.69, 9.17) is 18.9 Å². The lowest BCUT2D eigenvalue weighted by atomic mass is 10.2. The lowest BCUT2D eigenvalue weighted by Gasteiger charge is -2.20. The first-order valence-corrected chi connectivity index (χ1v) is 11.7. The Morgan fingerprint density at radius 3 is 1.89 bits per heavy atom. The van der Waals surface area contributed by atoms with Crippen molar-refractivity contribution >= 4 is 18.0 Å². The average Bonchev–Trinajstić information content (AvgIpc) is 2.87. The predicted octanol–water partition coefficient (Wildman–Crippen LogP) is 3.32. The van der Waals surface area contributed by atoms with Crippen molar-refractivity contribution in [3.63, 3.8) is 0 Å². The molecule has 2 aromatic carbocycles. The quantitative estimate of drug-likeness (QED) is 0.293. The molecular weight excluding hydrogens is 452 g/mol. The van der Waals surface area contributed by atoms with Crippen LogP contribution in [-0.4, -0.2) is 50.1 Å². The minimum absolute atomic E-state index is 0.0316. The van der Waals surface area contributed by atoms with E-state index in [2.05, 4.69) is 10.6 Å². The molecule has 0 aliphatic rings. The van der Waals surface area contributed by atoms with E-state index >= 15 is 0 Å². The normalized spacial score (nSPS) is 11.5. The first-order valence-electron chi connectivity index (χ1n) is 11.7. The summed E-state index contributed by atoms with van der Waals surface area (Å²) in [6.45, 7) is 4.99. The van der Waals surface area contributed by atoms with E-state index in [0.29, 0.717) is 19.6 Å². The second-order valence-corrected chi connectivity index (χ2v) is 7.53. The second-order valence-electron chi connectivity index (χ2n) is 7.53. The number of carbonyl (C=O) groups is 3. The first-order chi connectivity index (χ1) is 17.0. The molecule has 2 amide bonds. The molecule has 0 aliphatic heterocycles. The Kier molecular flexibility index (Phi) is 12.9. The number of nitrogens with one attached hydrogen (secondary N) is 2. The fourth-order valence-corrected chi connectivity index (χ4v) is 3.10. The Morgan fingerprint density at radius 1 is 0.800 bits per heavy atom. The van der Waals surface area contributed by atoms with Crippen molar-refractivity contribution in [1.29, 1.82) is 0 Å². The van der Waals surface area contributed by atoms with Gasteiger partial charge in [0.1, 0.15) is 19.3 Å². The molecule has 2 aromatic rings. The van der Waals surface area contributed by atoms with Gasteiger partial charge in [0.15, 0.2) is 6.29 Å². The van der Waals surface area contributed by atoms with Crippen molar-refractivity contribution < 1.29 is 33.3 Å². The van der Waals surface area contributed by atoms with Crippen LogP contribution in [0.2, 0.25) is 0 Å². The highest BCUT2D eigenvalue weighted by atomic mass is 16.7. The summed E-state index contributed by atoms with van der Waals surface area (Å²) in [6, 6.07) is 17.1. The van der Waals surface area contributed by atoms with Crippen LogP contribution < -0.4 is 10.6 Å². The minimum atomic E-state index is -1.17. The lowest BCUT2D eigenvalue weighted by Crippen LogP contribution is -2.48. The van der Waals surface area contributed by atoms with E-state index in [-0.39, 0.29) is 26.2 Å². The highest BCUT2D eigenvalue weighted by Gasteiger charge is 2.25. The number of alkyl carbamates (subject to hydrolysis) is 1. The topological polar surface area (TPSA) is 112 Å². The Labute approximate surface area is 206 Å². The van der Waals surface area contributed by atoms with Gasteiger partial charge in [-0.3, -0.25) is 9.59 Å². The van der Waals surface area contributed by atoms with Crippen molar-refractivity contribution in [1.82, 2.24) is 10.6 Å². The molecule has 1 unspecified atom stereocenters. The van der Waals surface area contributed by atoms with Crippen molar-refractivity contribution in [2.45, 2.75) is 52.2 Å². The molecule has 35 heavy (non-hydrogen) atoms. The zero-order chi connectivity index (χ0) is 25.3. The number of carbonyl (C=O) groups excluding carboxylic acids is 3. The maximum absolute atomic E-state index is 12.8. The van der Waals surface area contributed by atoms with Gasteiger partial charge in [0.2, 0.25) is 5.91 Å². The van der Waals surface area contributed by atoms with Crippen molar-refractivity contribution in [3.05, 3.63) is 71.8 Å². The van der Waals surface area contributed by atoms with Crippen LogP contribution in [0.3, 0.4) is 0 Å². The maximum Gasteiger partial charge on any atom is 0.408 e. The van der Waals surface area contributed by atoms with Crippen LogP contribution in [-0.2, 0) is 41.8 Å². The zero-order valence-electron chi connectivity index (χ0n) is 20.2. The van der Waals surface area contributed by atoms with Crippen LogP contribution in [0, 0.1) is 0 Å². The number of amides is 2. The van der Waals surface area contributed by atoms with E-state index in [1.807, 2.05) is 74.5 Å². The molecule has 0 fully saturated rings. The first kappa shape index (κ1) is 27.8. The number of hydrogen-bond donors (Lipinski definition) is 2. The molecule has 0 saturated heterocycles. The van der Waals surface area contributed by atoms with Crippen molar-refractivity contribution in [2.24, 2.45) is 0 Å². The lowest BCUT2D eigenvalue weighted by molar-refractivity contribution is -0.147. The largest absolute Gasteiger partial charge is 0.461 e. The van der Waals surface area contributed by atoms with Gasteiger partial charge in [-0.25, -0.2) is 4.79 Å². The van der Waals surface area contributed by atoms with E-state index in [0.717, 1.165) is 11.1 Å². The fraction of sp³-hybridized carbons (Fsp3) is 0.423. The molecule has 1 atom stereocenters. The standard InChI is InChI=1S/C26H34N2O7/c1-3-32-24(33-4-2)15-16-27-25(30)22(17-23(29)34-18-20-11-7-5-8-12-20)28-26(31)35-19-21-13-9-6-10-14-21/h5-14,22,24H,3-4,15-19H2,1-2H3,(H,27,30)(H,28,31). The Morgan fingerprint density at radius 2 is 1.34 bits per heavy atom. The van der Waals surface area contributed by atoms with Crippen LogP contribution >= 0.6 is 0 Å². The van der Waals surface area contributed by atoms with Gasteiger partial charge in [0, 0.05) is 26.2 Å². The minimum Gasteiger partial charge on any atom is -0.461 e. The summed E-state index contributed by atoms with van der Waals surface area (Å²) < 4.78 is 21.4. The number of ether oxygens (including phenoxy) is 4.